The summed E-state index contributed by atoms with van der Waals surface area (Å²) in [6, 6.07) is 12.4. The van der Waals surface area contributed by atoms with Crippen LogP contribution >= 0.6 is 23.2 Å². The van der Waals surface area contributed by atoms with Crippen LogP contribution in [-0.4, -0.2) is 29.0 Å². The molecule has 2 aromatic carbocycles. The number of nitrogens with zero attached hydrogens (tertiary/aromatic N) is 3. The Labute approximate surface area is 172 Å². The molecule has 1 aromatic heterocycles. The van der Waals surface area contributed by atoms with Gasteiger partial charge in [-0.15, -0.1) is 0 Å². The maximum Gasteiger partial charge on any atom is 0.262 e. The molecule has 0 amide bonds. The summed E-state index contributed by atoms with van der Waals surface area (Å²) in [5.74, 6) is 0.365. The molecular formula is C20H20Cl2N4O2. The summed E-state index contributed by atoms with van der Waals surface area (Å²) in [4.78, 5) is 17.5. The van der Waals surface area contributed by atoms with Crippen LogP contribution in [0, 0.1) is 0 Å². The molecule has 0 spiro atoms. The van der Waals surface area contributed by atoms with E-state index in [1.165, 1.54) is 0 Å². The molecular weight excluding hydrogens is 399 g/mol. The summed E-state index contributed by atoms with van der Waals surface area (Å²) in [5, 5.41) is 5.99. The first kappa shape index (κ1) is 20.3. The Morgan fingerprint density at radius 1 is 1.25 bits per heavy atom. The van der Waals surface area contributed by atoms with Crippen molar-refractivity contribution in [1.82, 2.24) is 9.55 Å². The van der Waals surface area contributed by atoms with Crippen molar-refractivity contribution in [2.24, 2.45) is 5.10 Å². The summed E-state index contributed by atoms with van der Waals surface area (Å²) < 4.78 is 6.67. The largest absolute Gasteiger partial charge is 0.385 e. The van der Waals surface area contributed by atoms with Crippen LogP contribution in [0.25, 0.3) is 10.9 Å². The maximum absolute atomic E-state index is 12.9. The number of rotatable bonds is 7. The van der Waals surface area contributed by atoms with Crippen LogP contribution in [0.5, 0.6) is 0 Å². The number of anilines is 1. The zero-order valence-electron chi connectivity index (χ0n) is 15.6. The number of halogens is 2. The third-order valence-corrected chi connectivity index (χ3v) is 4.78. The fraction of sp³-hybridized carbons (Fsp3) is 0.250. The SMILES string of the molecule is COCCCn1c(N/N=C(/C)c2ccc(Cl)cc2Cl)nc2ccccc2c1=O. The lowest BCUT2D eigenvalue weighted by Gasteiger charge is -2.13. The van der Waals surface area contributed by atoms with Crippen molar-refractivity contribution in [1.29, 1.82) is 0 Å². The van der Waals surface area contributed by atoms with Gasteiger partial charge in [-0.1, -0.05) is 41.4 Å². The van der Waals surface area contributed by atoms with Crippen molar-refractivity contribution in [3.63, 3.8) is 0 Å². The third kappa shape index (κ3) is 4.52. The van der Waals surface area contributed by atoms with E-state index < -0.39 is 0 Å². The lowest BCUT2D eigenvalue weighted by Crippen LogP contribution is -2.25. The topological polar surface area (TPSA) is 68.5 Å². The van der Waals surface area contributed by atoms with Crippen LogP contribution in [0.1, 0.15) is 18.9 Å². The smallest absolute Gasteiger partial charge is 0.262 e. The normalized spacial score (nSPS) is 11.8. The minimum atomic E-state index is -0.124. The molecule has 0 unspecified atom stereocenters. The van der Waals surface area contributed by atoms with Crippen LogP contribution in [0.3, 0.4) is 0 Å². The third-order valence-electron chi connectivity index (χ3n) is 4.24. The molecule has 0 saturated heterocycles. The maximum atomic E-state index is 12.9. The Kier molecular flexibility index (Phi) is 6.67. The van der Waals surface area contributed by atoms with Gasteiger partial charge in [0.2, 0.25) is 5.95 Å². The van der Waals surface area contributed by atoms with Crippen LogP contribution in [0.15, 0.2) is 52.4 Å². The first-order chi connectivity index (χ1) is 13.5. The molecule has 0 atom stereocenters. The highest BCUT2D eigenvalue weighted by Gasteiger charge is 2.11. The van der Waals surface area contributed by atoms with Gasteiger partial charge in [0.05, 0.1) is 21.6 Å². The number of fused-ring (bicyclic) bond motifs is 1. The van der Waals surface area contributed by atoms with E-state index in [9.17, 15) is 4.79 Å². The number of hydrogen-bond donors (Lipinski definition) is 1. The fourth-order valence-corrected chi connectivity index (χ4v) is 3.35. The zero-order valence-corrected chi connectivity index (χ0v) is 17.1. The van der Waals surface area contributed by atoms with E-state index >= 15 is 0 Å². The molecule has 8 heteroatoms. The van der Waals surface area contributed by atoms with E-state index in [1.807, 2.05) is 19.1 Å². The van der Waals surface area contributed by atoms with Gasteiger partial charge >= 0.3 is 0 Å². The van der Waals surface area contributed by atoms with Crippen molar-refractivity contribution in [3.05, 3.63) is 68.4 Å². The molecule has 28 heavy (non-hydrogen) atoms. The molecule has 0 saturated carbocycles. The zero-order chi connectivity index (χ0) is 20.1. The Balaban J connectivity index is 1.98. The van der Waals surface area contributed by atoms with Crippen molar-refractivity contribution >= 4 is 45.8 Å². The molecule has 6 nitrogen and oxygen atoms in total. The molecule has 3 rings (SSSR count). The van der Waals surface area contributed by atoms with E-state index in [4.69, 9.17) is 27.9 Å². The van der Waals surface area contributed by atoms with E-state index in [1.54, 1.807) is 42.0 Å². The number of aromatic nitrogens is 2. The predicted octanol–water partition coefficient (Wildman–Crippen LogP) is 4.58. The number of nitrogens with one attached hydrogen (secondary N) is 1. The summed E-state index contributed by atoms with van der Waals surface area (Å²) in [6.45, 7) is 2.82. The lowest BCUT2D eigenvalue weighted by molar-refractivity contribution is 0.190. The molecule has 1 N–H and O–H groups in total. The van der Waals surface area contributed by atoms with E-state index in [2.05, 4.69) is 15.5 Å². The Hall–Kier alpha value is -2.41. The minimum Gasteiger partial charge on any atom is -0.385 e. The van der Waals surface area contributed by atoms with E-state index in [-0.39, 0.29) is 5.56 Å². The first-order valence-electron chi connectivity index (χ1n) is 8.75. The average Bonchev–Trinajstić information content (AvgIpc) is 2.68. The summed E-state index contributed by atoms with van der Waals surface area (Å²) >= 11 is 12.2. The number of hydrogen-bond acceptors (Lipinski definition) is 5. The van der Waals surface area contributed by atoms with Crippen LogP contribution in [-0.2, 0) is 11.3 Å². The second-order valence-corrected chi connectivity index (χ2v) is 7.03. The number of ether oxygens (including phenoxy) is 1. The molecule has 0 aliphatic carbocycles. The van der Waals surface area contributed by atoms with Gasteiger partial charge in [0, 0.05) is 30.8 Å². The number of benzene rings is 2. The van der Waals surface area contributed by atoms with Crippen molar-refractivity contribution < 1.29 is 4.74 Å². The Morgan fingerprint density at radius 2 is 2.04 bits per heavy atom. The van der Waals surface area contributed by atoms with Gasteiger partial charge in [-0.05, 0) is 37.6 Å². The second-order valence-electron chi connectivity index (χ2n) is 6.19. The van der Waals surface area contributed by atoms with E-state index in [0.29, 0.717) is 52.2 Å². The molecule has 0 radical (unpaired) electrons. The summed E-state index contributed by atoms with van der Waals surface area (Å²) in [5.41, 5.74) is 4.79. The summed E-state index contributed by atoms with van der Waals surface area (Å²) in [6.07, 6.45) is 0.677. The molecule has 1 heterocycles. The van der Waals surface area contributed by atoms with Gasteiger partial charge in [0.15, 0.2) is 0 Å². The van der Waals surface area contributed by atoms with Gasteiger partial charge in [-0.3, -0.25) is 9.36 Å². The van der Waals surface area contributed by atoms with Crippen LogP contribution < -0.4 is 11.0 Å². The number of hydrazone groups is 1. The van der Waals surface area contributed by atoms with Gasteiger partial charge in [-0.2, -0.15) is 5.10 Å². The van der Waals surface area contributed by atoms with E-state index in [0.717, 1.165) is 5.56 Å². The molecule has 0 aliphatic heterocycles. The predicted molar refractivity (Wildman–Crippen MR) is 115 cm³/mol. The fourth-order valence-electron chi connectivity index (χ4n) is 2.80. The highest BCUT2D eigenvalue weighted by Crippen LogP contribution is 2.22. The molecule has 146 valence electrons. The minimum absolute atomic E-state index is 0.124. The van der Waals surface area contributed by atoms with Gasteiger partial charge in [-0.25, -0.2) is 10.4 Å². The highest BCUT2D eigenvalue weighted by molar-refractivity contribution is 6.37. The van der Waals surface area contributed by atoms with Crippen LogP contribution in [0.2, 0.25) is 10.0 Å². The second kappa shape index (κ2) is 9.19. The standard InChI is InChI=1S/C20H20Cl2N4O2/c1-13(15-9-8-14(21)12-17(15)22)24-25-20-23-18-7-4-3-6-16(18)19(27)26(20)10-5-11-28-2/h3-4,6-9,12H,5,10-11H2,1-2H3,(H,23,25)/b24-13-. The number of methoxy groups -OCH3 is 1. The summed E-state index contributed by atoms with van der Waals surface area (Å²) in [7, 11) is 1.63. The van der Waals surface area contributed by atoms with Gasteiger partial charge in [0.25, 0.3) is 5.56 Å². The lowest BCUT2D eigenvalue weighted by atomic mass is 10.1. The monoisotopic (exact) mass is 418 g/mol. The number of para-hydroxylation sites is 1. The van der Waals surface area contributed by atoms with Gasteiger partial charge < -0.3 is 4.74 Å². The van der Waals surface area contributed by atoms with Crippen molar-refractivity contribution in [2.75, 3.05) is 19.1 Å². The molecule has 0 bridgehead atoms. The van der Waals surface area contributed by atoms with Crippen molar-refractivity contribution in [2.45, 2.75) is 19.9 Å². The molecule has 0 aliphatic rings. The average molecular weight is 419 g/mol. The highest BCUT2D eigenvalue weighted by atomic mass is 35.5. The van der Waals surface area contributed by atoms with Crippen LogP contribution in [0.4, 0.5) is 5.95 Å². The molecule has 3 aromatic rings. The van der Waals surface area contributed by atoms with Crippen molar-refractivity contribution in [3.8, 4) is 0 Å². The first-order valence-corrected chi connectivity index (χ1v) is 9.51. The quantitative estimate of drug-likeness (QED) is 0.346. The Morgan fingerprint density at radius 3 is 2.79 bits per heavy atom. The van der Waals surface area contributed by atoms with Gasteiger partial charge in [0.1, 0.15) is 0 Å². The molecule has 0 fully saturated rings. The Bertz CT molecular complexity index is 1080.